The lowest BCUT2D eigenvalue weighted by molar-refractivity contribution is 0.0711. The summed E-state index contributed by atoms with van der Waals surface area (Å²) in [6.45, 7) is 5.60. The lowest BCUT2D eigenvalue weighted by Gasteiger charge is -2.20. The highest BCUT2D eigenvalue weighted by atomic mass is 35.5. The zero-order valence-electron chi connectivity index (χ0n) is 15.6. The van der Waals surface area contributed by atoms with Crippen LogP contribution in [-0.2, 0) is 12.0 Å². The minimum absolute atomic E-state index is 0.297. The number of fused-ring (bicyclic) bond motifs is 1. The van der Waals surface area contributed by atoms with E-state index in [0.717, 1.165) is 40.3 Å². The highest BCUT2D eigenvalue weighted by Crippen LogP contribution is 2.25. The second-order valence-electron chi connectivity index (χ2n) is 6.63. The predicted octanol–water partition coefficient (Wildman–Crippen LogP) is 3.89. The van der Waals surface area contributed by atoms with Gasteiger partial charge in [-0.3, -0.25) is 0 Å². The highest BCUT2D eigenvalue weighted by Gasteiger charge is 2.23. The molecule has 4 N–H and O–H groups in total. The molecular formula is C20H25ClN4OS. The molecule has 144 valence electrons. The van der Waals surface area contributed by atoms with Crippen LogP contribution < -0.4 is 10.6 Å². The van der Waals surface area contributed by atoms with Crippen LogP contribution >= 0.6 is 22.9 Å². The molecule has 1 unspecified atom stereocenters. The molecule has 1 atom stereocenters. The third kappa shape index (κ3) is 5.03. The van der Waals surface area contributed by atoms with E-state index >= 15 is 0 Å². The van der Waals surface area contributed by atoms with Gasteiger partial charge in [0.25, 0.3) is 0 Å². The van der Waals surface area contributed by atoms with E-state index in [-0.39, 0.29) is 0 Å². The summed E-state index contributed by atoms with van der Waals surface area (Å²) < 4.78 is 0. The fraction of sp³-hybridized carbons (Fsp3) is 0.350. The van der Waals surface area contributed by atoms with Crippen LogP contribution in [0.2, 0.25) is 5.02 Å². The molecule has 2 heterocycles. The Kier molecular flexibility index (Phi) is 6.42. The van der Waals surface area contributed by atoms with Gasteiger partial charge in [0, 0.05) is 40.1 Å². The number of nitrogens with zero attached hydrogens (tertiary/aromatic N) is 1. The van der Waals surface area contributed by atoms with Gasteiger partial charge in [-0.1, -0.05) is 17.7 Å². The van der Waals surface area contributed by atoms with Crippen LogP contribution in [0.25, 0.3) is 10.9 Å². The molecule has 0 aliphatic heterocycles. The molecule has 0 radical (unpaired) electrons. The molecule has 1 aromatic carbocycles. The third-order valence-corrected chi connectivity index (χ3v) is 5.72. The van der Waals surface area contributed by atoms with Crippen molar-refractivity contribution < 1.29 is 5.11 Å². The Morgan fingerprint density at radius 1 is 1.33 bits per heavy atom. The molecule has 0 fully saturated rings. The van der Waals surface area contributed by atoms with Gasteiger partial charge in [-0.25, -0.2) is 4.99 Å². The van der Waals surface area contributed by atoms with E-state index in [2.05, 4.69) is 20.6 Å². The molecule has 0 aliphatic rings. The first-order valence-electron chi connectivity index (χ1n) is 9.03. The molecule has 0 saturated carbocycles. The minimum atomic E-state index is -0.968. The number of hydrogen-bond acceptors (Lipinski definition) is 3. The van der Waals surface area contributed by atoms with Crippen molar-refractivity contribution in [3.05, 3.63) is 57.4 Å². The molecule has 2 aromatic heterocycles. The maximum absolute atomic E-state index is 10.6. The molecule has 0 aliphatic carbocycles. The van der Waals surface area contributed by atoms with Crippen molar-refractivity contribution in [2.24, 2.45) is 4.99 Å². The Morgan fingerprint density at radius 3 is 2.93 bits per heavy atom. The lowest BCUT2D eigenvalue weighted by atomic mass is 10.1. The van der Waals surface area contributed by atoms with Gasteiger partial charge in [0.2, 0.25) is 0 Å². The smallest absolute Gasteiger partial charge is 0.191 e. The second-order valence-corrected chi connectivity index (χ2v) is 8.01. The van der Waals surface area contributed by atoms with Crippen molar-refractivity contribution in [2.75, 3.05) is 19.6 Å². The number of benzene rings is 1. The molecule has 3 aromatic rings. The van der Waals surface area contributed by atoms with Gasteiger partial charge in [0.1, 0.15) is 5.60 Å². The summed E-state index contributed by atoms with van der Waals surface area (Å²) in [5.41, 5.74) is 1.33. The van der Waals surface area contributed by atoms with Crippen molar-refractivity contribution in [2.45, 2.75) is 25.9 Å². The number of guanidine groups is 1. The minimum Gasteiger partial charge on any atom is -0.383 e. The number of rotatable bonds is 7. The quantitative estimate of drug-likeness (QED) is 0.356. The van der Waals surface area contributed by atoms with Crippen LogP contribution in [0.4, 0.5) is 0 Å². The summed E-state index contributed by atoms with van der Waals surface area (Å²) in [5, 5.41) is 21.1. The number of aromatic nitrogens is 1. The first kappa shape index (κ1) is 19.7. The van der Waals surface area contributed by atoms with Gasteiger partial charge in [0.05, 0.1) is 6.54 Å². The monoisotopic (exact) mass is 404 g/mol. The summed E-state index contributed by atoms with van der Waals surface area (Å²) >= 11 is 7.66. The average molecular weight is 405 g/mol. The molecule has 0 bridgehead atoms. The summed E-state index contributed by atoms with van der Waals surface area (Å²) in [6, 6.07) is 9.74. The number of nitrogens with one attached hydrogen (secondary N) is 3. The number of H-pyrrole nitrogens is 1. The highest BCUT2D eigenvalue weighted by molar-refractivity contribution is 7.10. The molecule has 5 nitrogen and oxygen atoms in total. The van der Waals surface area contributed by atoms with Crippen molar-refractivity contribution in [3.63, 3.8) is 0 Å². The van der Waals surface area contributed by atoms with E-state index in [1.165, 1.54) is 16.9 Å². The first-order valence-corrected chi connectivity index (χ1v) is 10.3. The zero-order chi connectivity index (χ0) is 19.3. The molecule has 0 amide bonds. The number of aromatic amines is 1. The SMILES string of the molecule is CCNC(=NCC(C)(O)c1cccs1)NCCc1c[nH]c2ccc(Cl)cc12. The van der Waals surface area contributed by atoms with E-state index in [0.29, 0.717) is 12.5 Å². The Morgan fingerprint density at radius 2 is 2.19 bits per heavy atom. The van der Waals surface area contributed by atoms with E-state index in [9.17, 15) is 5.11 Å². The number of aliphatic imine (C=N–C) groups is 1. The van der Waals surface area contributed by atoms with Gasteiger partial charge < -0.3 is 20.7 Å². The van der Waals surface area contributed by atoms with Crippen molar-refractivity contribution >= 4 is 39.8 Å². The lowest BCUT2D eigenvalue weighted by Crippen LogP contribution is -2.39. The normalized spacial score (nSPS) is 14.3. The van der Waals surface area contributed by atoms with E-state index in [4.69, 9.17) is 11.6 Å². The van der Waals surface area contributed by atoms with E-state index in [1.807, 2.05) is 48.8 Å². The zero-order valence-corrected chi connectivity index (χ0v) is 17.1. The molecule has 3 rings (SSSR count). The van der Waals surface area contributed by atoms with Crippen LogP contribution in [-0.4, -0.2) is 35.7 Å². The van der Waals surface area contributed by atoms with Crippen LogP contribution in [0.1, 0.15) is 24.3 Å². The summed E-state index contributed by atoms with van der Waals surface area (Å²) in [4.78, 5) is 8.75. The number of aliphatic hydroxyl groups is 1. The van der Waals surface area contributed by atoms with Crippen LogP contribution in [0.5, 0.6) is 0 Å². The van der Waals surface area contributed by atoms with Crippen molar-refractivity contribution in [1.82, 2.24) is 15.6 Å². The summed E-state index contributed by atoms with van der Waals surface area (Å²) in [5.74, 6) is 0.701. The predicted molar refractivity (Wildman–Crippen MR) is 115 cm³/mol. The van der Waals surface area contributed by atoms with Crippen LogP contribution in [0.15, 0.2) is 46.9 Å². The number of hydrogen-bond donors (Lipinski definition) is 4. The van der Waals surface area contributed by atoms with Crippen molar-refractivity contribution in [1.29, 1.82) is 0 Å². The average Bonchev–Trinajstić information content (AvgIpc) is 3.30. The summed E-state index contributed by atoms with van der Waals surface area (Å²) in [7, 11) is 0. The summed E-state index contributed by atoms with van der Waals surface area (Å²) in [6.07, 6.45) is 2.86. The Labute approximate surface area is 168 Å². The fourth-order valence-electron chi connectivity index (χ4n) is 2.91. The van der Waals surface area contributed by atoms with Gasteiger partial charge in [-0.15, -0.1) is 11.3 Å². The molecule has 27 heavy (non-hydrogen) atoms. The molecule has 0 saturated heterocycles. The van der Waals surface area contributed by atoms with Gasteiger partial charge in [-0.2, -0.15) is 0 Å². The second kappa shape index (κ2) is 8.78. The largest absolute Gasteiger partial charge is 0.383 e. The Hall–Kier alpha value is -2.02. The van der Waals surface area contributed by atoms with E-state index < -0.39 is 5.60 Å². The molecule has 0 spiro atoms. The van der Waals surface area contributed by atoms with Crippen molar-refractivity contribution in [3.8, 4) is 0 Å². The molecule has 7 heteroatoms. The number of halogens is 1. The number of thiophene rings is 1. The van der Waals surface area contributed by atoms with Crippen LogP contribution in [0.3, 0.4) is 0 Å². The standard InChI is InChI=1S/C20H25ClN4OS/c1-3-22-19(25-13-20(2,26)18-5-4-10-27-18)23-9-8-14-12-24-17-7-6-15(21)11-16(14)17/h4-7,10-12,24,26H,3,8-9,13H2,1-2H3,(H2,22,23,25). The Balaban J connectivity index is 1.61. The Bertz CT molecular complexity index is 902. The van der Waals surface area contributed by atoms with Gasteiger partial charge >= 0.3 is 0 Å². The first-order chi connectivity index (χ1) is 13.0. The van der Waals surface area contributed by atoms with Crippen LogP contribution in [0, 0.1) is 0 Å². The maximum atomic E-state index is 10.6. The fourth-order valence-corrected chi connectivity index (χ4v) is 3.86. The molecular weight excluding hydrogens is 380 g/mol. The maximum Gasteiger partial charge on any atom is 0.191 e. The van der Waals surface area contributed by atoms with E-state index in [1.54, 1.807) is 6.92 Å². The third-order valence-electron chi connectivity index (χ3n) is 4.36. The van der Waals surface area contributed by atoms with Gasteiger partial charge in [-0.05, 0) is 55.5 Å². The topological polar surface area (TPSA) is 72.4 Å². The van der Waals surface area contributed by atoms with Gasteiger partial charge in [0.15, 0.2) is 5.96 Å².